The number of likely N-dealkylation sites (N-methyl/N-ethyl adjacent to an activating group) is 1. The molecule has 3 rings (SSSR count). The fourth-order valence-electron chi connectivity index (χ4n) is 2.64. The van der Waals surface area contributed by atoms with Gasteiger partial charge in [0.15, 0.2) is 0 Å². The zero-order chi connectivity index (χ0) is 20.6. The second kappa shape index (κ2) is 9.41. The third-order valence-electron chi connectivity index (χ3n) is 4.17. The van der Waals surface area contributed by atoms with Gasteiger partial charge in [0.2, 0.25) is 11.9 Å². The molecule has 8 heteroatoms. The van der Waals surface area contributed by atoms with Crippen LogP contribution in [-0.2, 0) is 11.2 Å². The minimum Gasteiger partial charge on any atom is -0.344 e. The van der Waals surface area contributed by atoms with Crippen LogP contribution in [0.25, 0.3) is 0 Å². The maximum Gasteiger partial charge on any atom is 0.274 e. The molecular weight excluding hydrogens is 368 g/mol. The first kappa shape index (κ1) is 19.9. The van der Waals surface area contributed by atoms with Crippen LogP contribution >= 0.6 is 0 Å². The molecule has 0 spiro atoms. The third kappa shape index (κ3) is 5.83. The van der Waals surface area contributed by atoms with Gasteiger partial charge in [-0.15, -0.1) is 0 Å². The van der Waals surface area contributed by atoms with Crippen LogP contribution in [0, 0.1) is 0 Å². The molecule has 0 aliphatic carbocycles. The average Bonchev–Trinajstić information content (AvgIpc) is 2.74. The van der Waals surface area contributed by atoms with Crippen molar-refractivity contribution in [1.82, 2.24) is 15.0 Å². The van der Waals surface area contributed by atoms with Crippen molar-refractivity contribution in [3.05, 3.63) is 72.3 Å². The highest BCUT2D eigenvalue weighted by molar-refractivity contribution is 6.03. The Morgan fingerprint density at radius 1 is 0.931 bits per heavy atom. The Morgan fingerprint density at radius 3 is 2.24 bits per heavy atom. The van der Waals surface area contributed by atoms with Crippen molar-refractivity contribution in [3.63, 3.8) is 0 Å². The van der Waals surface area contributed by atoms with Crippen LogP contribution < -0.4 is 15.5 Å². The molecule has 0 aliphatic heterocycles. The quantitative estimate of drug-likeness (QED) is 0.643. The van der Waals surface area contributed by atoms with Gasteiger partial charge in [-0.05, 0) is 54.4 Å². The topological polar surface area (TPSA) is 100 Å². The largest absolute Gasteiger partial charge is 0.344 e. The monoisotopic (exact) mass is 390 g/mol. The Morgan fingerprint density at radius 2 is 1.59 bits per heavy atom. The Bertz CT molecular complexity index is 976. The van der Waals surface area contributed by atoms with E-state index in [-0.39, 0.29) is 17.5 Å². The lowest BCUT2D eigenvalue weighted by molar-refractivity contribution is -0.114. The van der Waals surface area contributed by atoms with Crippen LogP contribution in [0.4, 0.5) is 17.3 Å². The van der Waals surface area contributed by atoms with Gasteiger partial charge in [0, 0.05) is 50.5 Å². The lowest BCUT2D eigenvalue weighted by Gasteiger charge is -2.17. The molecule has 0 fully saturated rings. The smallest absolute Gasteiger partial charge is 0.274 e. The number of rotatable bonds is 7. The van der Waals surface area contributed by atoms with Gasteiger partial charge < -0.3 is 15.5 Å². The predicted molar refractivity (Wildman–Crippen MR) is 112 cm³/mol. The van der Waals surface area contributed by atoms with E-state index in [1.54, 1.807) is 48.9 Å². The van der Waals surface area contributed by atoms with E-state index in [0.717, 1.165) is 6.42 Å². The zero-order valence-corrected chi connectivity index (χ0v) is 16.3. The standard InChI is InChI=1S/C21H22N6O2/c1-15(28)24-17-3-5-18(6-4-17)25-20(29)19-9-13-23-21(26-19)27(2)14-10-16-7-11-22-12-8-16/h3-9,11-13H,10,14H2,1-2H3,(H,24,28)(H,25,29). The van der Waals surface area contributed by atoms with Crippen molar-refractivity contribution in [1.29, 1.82) is 0 Å². The van der Waals surface area contributed by atoms with E-state index in [0.29, 0.717) is 23.9 Å². The molecule has 1 aromatic carbocycles. The number of pyridine rings is 1. The summed E-state index contributed by atoms with van der Waals surface area (Å²) in [5, 5.41) is 5.47. The summed E-state index contributed by atoms with van der Waals surface area (Å²) in [5.41, 5.74) is 2.71. The summed E-state index contributed by atoms with van der Waals surface area (Å²) < 4.78 is 0. The zero-order valence-electron chi connectivity index (χ0n) is 16.3. The van der Waals surface area contributed by atoms with E-state index in [2.05, 4.69) is 25.6 Å². The van der Waals surface area contributed by atoms with Gasteiger partial charge >= 0.3 is 0 Å². The molecule has 29 heavy (non-hydrogen) atoms. The molecule has 0 radical (unpaired) electrons. The second-order valence-corrected chi connectivity index (χ2v) is 6.48. The molecule has 3 aromatic rings. The minimum absolute atomic E-state index is 0.150. The van der Waals surface area contributed by atoms with Crippen molar-refractivity contribution in [2.45, 2.75) is 13.3 Å². The number of hydrogen-bond donors (Lipinski definition) is 2. The Hall–Kier alpha value is -3.81. The Labute approximate surface area is 169 Å². The van der Waals surface area contributed by atoms with Gasteiger partial charge in [-0.2, -0.15) is 0 Å². The van der Waals surface area contributed by atoms with Crippen molar-refractivity contribution in [2.75, 3.05) is 29.1 Å². The lowest BCUT2D eigenvalue weighted by Crippen LogP contribution is -2.24. The van der Waals surface area contributed by atoms with Crippen molar-refractivity contribution < 1.29 is 9.59 Å². The number of amides is 2. The Kier molecular flexibility index (Phi) is 6.47. The molecule has 0 bridgehead atoms. The maximum absolute atomic E-state index is 12.5. The van der Waals surface area contributed by atoms with E-state index >= 15 is 0 Å². The first-order valence-electron chi connectivity index (χ1n) is 9.13. The number of carbonyl (C=O) groups excluding carboxylic acids is 2. The van der Waals surface area contributed by atoms with Crippen LogP contribution in [0.3, 0.4) is 0 Å². The second-order valence-electron chi connectivity index (χ2n) is 6.48. The first-order chi connectivity index (χ1) is 14.0. The van der Waals surface area contributed by atoms with Crippen molar-refractivity contribution >= 4 is 29.1 Å². The van der Waals surface area contributed by atoms with Gasteiger partial charge in [-0.3, -0.25) is 14.6 Å². The minimum atomic E-state index is -0.330. The Balaban J connectivity index is 1.62. The number of anilines is 3. The van der Waals surface area contributed by atoms with Crippen LogP contribution in [-0.4, -0.2) is 40.4 Å². The summed E-state index contributed by atoms with van der Waals surface area (Å²) >= 11 is 0. The molecule has 0 saturated carbocycles. The molecule has 0 unspecified atom stereocenters. The lowest BCUT2D eigenvalue weighted by atomic mass is 10.2. The number of carbonyl (C=O) groups is 2. The summed E-state index contributed by atoms with van der Waals surface area (Å²) in [6.45, 7) is 2.15. The van der Waals surface area contributed by atoms with Crippen LogP contribution in [0.2, 0.25) is 0 Å². The number of benzene rings is 1. The molecule has 2 amide bonds. The van der Waals surface area contributed by atoms with E-state index in [4.69, 9.17) is 0 Å². The summed E-state index contributed by atoms with van der Waals surface area (Å²) in [5.74, 6) is -0.000440. The number of hydrogen-bond acceptors (Lipinski definition) is 6. The average molecular weight is 390 g/mol. The van der Waals surface area contributed by atoms with Crippen molar-refractivity contribution in [2.24, 2.45) is 0 Å². The van der Waals surface area contributed by atoms with E-state index in [1.165, 1.54) is 12.5 Å². The normalized spacial score (nSPS) is 10.3. The van der Waals surface area contributed by atoms with Crippen LogP contribution in [0.1, 0.15) is 23.0 Å². The fraction of sp³-hybridized carbons (Fsp3) is 0.190. The van der Waals surface area contributed by atoms with Gasteiger partial charge in [0.05, 0.1) is 0 Å². The summed E-state index contributed by atoms with van der Waals surface area (Å²) in [6, 6.07) is 12.4. The molecule has 2 N–H and O–H groups in total. The SMILES string of the molecule is CC(=O)Nc1ccc(NC(=O)c2ccnc(N(C)CCc3ccncc3)n2)cc1. The molecule has 148 valence electrons. The van der Waals surface area contributed by atoms with E-state index in [1.807, 2.05) is 24.1 Å². The van der Waals surface area contributed by atoms with Gasteiger partial charge in [0.1, 0.15) is 5.69 Å². The van der Waals surface area contributed by atoms with Gasteiger partial charge in [-0.25, -0.2) is 9.97 Å². The molecular formula is C21H22N6O2. The molecule has 0 aliphatic rings. The fourth-order valence-corrected chi connectivity index (χ4v) is 2.64. The van der Waals surface area contributed by atoms with Crippen molar-refractivity contribution in [3.8, 4) is 0 Å². The van der Waals surface area contributed by atoms with E-state index < -0.39 is 0 Å². The molecule has 0 atom stereocenters. The number of aromatic nitrogens is 3. The molecule has 0 saturated heterocycles. The summed E-state index contributed by atoms with van der Waals surface area (Å²) in [6.07, 6.45) is 5.92. The van der Waals surface area contributed by atoms with E-state index in [9.17, 15) is 9.59 Å². The highest BCUT2D eigenvalue weighted by Crippen LogP contribution is 2.15. The molecule has 2 heterocycles. The summed E-state index contributed by atoms with van der Waals surface area (Å²) in [7, 11) is 1.89. The third-order valence-corrected chi connectivity index (χ3v) is 4.17. The number of nitrogens with zero attached hydrogens (tertiary/aromatic N) is 4. The van der Waals surface area contributed by atoms with Gasteiger partial charge in [-0.1, -0.05) is 0 Å². The first-order valence-corrected chi connectivity index (χ1v) is 9.13. The predicted octanol–water partition coefficient (Wildman–Crippen LogP) is 2.76. The van der Waals surface area contributed by atoms with Crippen LogP contribution in [0.15, 0.2) is 61.1 Å². The summed E-state index contributed by atoms with van der Waals surface area (Å²) in [4.78, 5) is 38.2. The highest BCUT2D eigenvalue weighted by atomic mass is 16.2. The maximum atomic E-state index is 12.5. The molecule has 2 aromatic heterocycles. The van der Waals surface area contributed by atoms with Crippen LogP contribution in [0.5, 0.6) is 0 Å². The molecule has 8 nitrogen and oxygen atoms in total. The van der Waals surface area contributed by atoms with Gasteiger partial charge in [0.25, 0.3) is 5.91 Å². The highest BCUT2D eigenvalue weighted by Gasteiger charge is 2.12. The number of nitrogens with one attached hydrogen (secondary N) is 2.